The van der Waals surface area contributed by atoms with Crippen molar-refractivity contribution in [2.24, 2.45) is 5.92 Å². The van der Waals surface area contributed by atoms with E-state index in [0.29, 0.717) is 18.2 Å². The fraction of sp³-hybridized carbons (Fsp3) is 0.533. The maximum absolute atomic E-state index is 13.6. The van der Waals surface area contributed by atoms with Crippen molar-refractivity contribution in [1.82, 2.24) is 10.2 Å². The van der Waals surface area contributed by atoms with Crippen LogP contribution in [-0.4, -0.2) is 37.5 Å². The van der Waals surface area contributed by atoms with Crippen molar-refractivity contribution in [1.29, 1.82) is 0 Å². The highest BCUT2D eigenvalue weighted by Gasteiger charge is 2.44. The average Bonchev–Trinajstić information content (AvgIpc) is 3.16. The fourth-order valence-electron chi connectivity index (χ4n) is 2.17. The van der Waals surface area contributed by atoms with Gasteiger partial charge in [-0.25, -0.2) is 4.39 Å². The summed E-state index contributed by atoms with van der Waals surface area (Å²) in [5.41, 5.74) is 0.670. The molecule has 104 valence electrons. The summed E-state index contributed by atoms with van der Waals surface area (Å²) in [6.45, 7) is 2.69. The minimum absolute atomic E-state index is 0.0435. The van der Waals surface area contributed by atoms with Crippen LogP contribution in [0, 0.1) is 11.7 Å². The zero-order chi connectivity index (χ0) is 14.0. The van der Waals surface area contributed by atoms with E-state index in [-0.39, 0.29) is 23.6 Å². The summed E-state index contributed by atoms with van der Waals surface area (Å²) in [4.78, 5) is 14.0. The van der Waals surface area contributed by atoms with Crippen molar-refractivity contribution in [3.63, 3.8) is 0 Å². The predicted molar refractivity (Wildman–Crippen MR) is 73.4 cm³/mol. The van der Waals surface area contributed by atoms with Crippen molar-refractivity contribution < 1.29 is 9.18 Å². The molecule has 0 aliphatic heterocycles. The number of nitrogens with one attached hydrogen (secondary N) is 1. The minimum Gasteiger partial charge on any atom is -0.354 e. The van der Waals surface area contributed by atoms with Crippen LogP contribution >= 0.6 is 0 Å². The van der Waals surface area contributed by atoms with E-state index in [9.17, 15) is 9.18 Å². The quantitative estimate of drug-likeness (QED) is 0.882. The Morgan fingerprint density at radius 3 is 2.79 bits per heavy atom. The smallest absolute Gasteiger partial charge is 0.223 e. The van der Waals surface area contributed by atoms with Gasteiger partial charge < -0.3 is 10.2 Å². The van der Waals surface area contributed by atoms with Crippen LogP contribution in [0.3, 0.4) is 0 Å². The van der Waals surface area contributed by atoms with Gasteiger partial charge in [0.2, 0.25) is 5.91 Å². The molecule has 1 aliphatic rings. The Bertz CT molecular complexity index is 461. The van der Waals surface area contributed by atoms with Gasteiger partial charge in [0.1, 0.15) is 5.82 Å². The van der Waals surface area contributed by atoms with E-state index < -0.39 is 0 Å². The molecule has 1 saturated carbocycles. The summed E-state index contributed by atoms with van der Waals surface area (Å²) in [5, 5.41) is 2.94. The lowest BCUT2D eigenvalue weighted by atomic mass is 10.1. The molecule has 3 nitrogen and oxygen atoms in total. The first kappa shape index (κ1) is 14.0. The molecule has 1 N–H and O–H groups in total. The Morgan fingerprint density at radius 1 is 1.47 bits per heavy atom. The maximum Gasteiger partial charge on any atom is 0.223 e. The number of likely N-dealkylation sites (N-methyl/N-ethyl adjacent to an activating group) is 1. The highest BCUT2D eigenvalue weighted by Crippen LogP contribution is 2.48. The molecule has 19 heavy (non-hydrogen) atoms. The number of hydrogen-bond donors (Lipinski definition) is 1. The molecule has 1 aromatic carbocycles. The van der Waals surface area contributed by atoms with Gasteiger partial charge in [0, 0.05) is 18.5 Å². The number of amides is 1. The topological polar surface area (TPSA) is 32.3 Å². The number of carbonyl (C=O) groups excluding carboxylic acids is 1. The van der Waals surface area contributed by atoms with Crippen molar-refractivity contribution in [2.45, 2.75) is 25.3 Å². The monoisotopic (exact) mass is 264 g/mol. The highest BCUT2D eigenvalue weighted by atomic mass is 19.1. The Hall–Kier alpha value is -1.42. The molecular weight excluding hydrogens is 243 g/mol. The van der Waals surface area contributed by atoms with Crippen LogP contribution in [0.2, 0.25) is 0 Å². The van der Waals surface area contributed by atoms with E-state index in [1.807, 2.05) is 20.2 Å². The molecule has 0 spiro atoms. The summed E-state index contributed by atoms with van der Waals surface area (Å²) in [6, 6.07) is 7.02. The zero-order valence-corrected chi connectivity index (χ0v) is 11.7. The van der Waals surface area contributed by atoms with Gasteiger partial charge in [0.15, 0.2) is 0 Å². The van der Waals surface area contributed by atoms with E-state index in [1.165, 1.54) is 6.07 Å². The van der Waals surface area contributed by atoms with Gasteiger partial charge in [-0.15, -0.1) is 0 Å². The third-order valence-corrected chi connectivity index (χ3v) is 3.89. The van der Waals surface area contributed by atoms with E-state index in [1.54, 1.807) is 12.1 Å². The molecule has 2 rings (SSSR count). The minimum atomic E-state index is -0.204. The molecule has 1 fully saturated rings. The number of benzene rings is 1. The first-order valence-electron chi connectivity index (χ1n) is 6.69. The van der Waals surface area contributed by atoms with E-state index in [0.717, 1.165) is 6.42 Å². The molecule has 0 saturated heterocycles. The van der Waals surface area contributed by atoms with Crippen molar-refractivity contribution in [3.8, 4) is 0 Å². The largest absolute Gasteiger partial charge is 0.354 e. The molecule has 1 aliphatic carbocycles. The molecule has 0 bridgehead atoms. The van der Waals surface area contributed by atoms with Gasteiger partial charge in [-0.05, 0) is 45.0 Å². The molecule has 0 heterocycles. The summed E-state index contributed by atoms with van der Waals surface area (Å²) in [5.74, 6) is -0.173. The Kier molecular flexibility index (Phi) is 4.20. The van der Waals surface area contributed by atoms with Gasteiger partial charge in [-0.3, -0.25) is 4.79 Å². The first-order valence-corrected chi connectivity index (χ1v) is 6.69. The SMILES string of the molecule is C[C@H](CNC(=O)[C@H]1C[C@H]1c1ccccc1F)N(C)C. The van der Waals surface area contributed by atoms with Crippen LogP contribution in [0.1, 0.15) is 24.8 Å². The highest BCUT2D eigenvalue weighted by molar-refractivity contribution is 5.82. The van der Waals surface area contributed by atoms with Crippen molar-refractivity contribution in [2.75, 3.05) is 20.6 Å². The Labute approximate surface area is 113 Å². The molecule has 0 radical (unpaired) electrons. The second-order valence-corrected chi connectivity index (χ2v) is 5.53. The van der Waals surface area contributed by atoms with Crippen molar-refractivity contribution in [3.05, 3.63) is 35.6 Å². The first-order chi connectivity index (χ1) is 9.00. The zero-order valence-electron chi connectivity index (χ0n) is 11.7. The molecule has 4 heteroatoms. The van der Waals surface area contributed by atoms with Gasteiger partial charge in [0.05, 0.1) is 0 Å². The maximum atomic E-state index is 13.6. The number of rotatable bonds is 5. The van der Waals surface area contributed by atoms with Crippen LogP contribution in [0.25, 0.3) is 0 Å². The van der Waals surface area contributed by atoms with Crippen LogP contribution in [0.4, 0.5) is 4.39 Å². The predicted octanol–water partition coefficient (Wildman–Crippen LogP) is 2.00. The van der Waals surface area contributed by atoms with E-state index in [2.05, 4.69) is 17.1 Å². The summed E-state index contributed by atoms with van der Waals surface area (Å²) >= 11 is 0. The lowest BCUT2D eigenvalue weighted by Crippen LogP contribution is -2.38. The second-order valence-electron chi connectivity index (χ2n) is 5.53. The third kappa shape index (κ3) is 3.32. The molecule has 1 amide bonds. The molecule has 0 unspecified atom stereocenters. The normalized spacial score (nSPS) is 23.2. The number of carbonyl (C=O) groups is 1. The van der Waals surface area contributed by atoms with E-state index >= 15 is 0 Å². The van der Waals surface area contributed by atoms with Crippen LogP contribution in [-0.2, 0) is 4.79 Å². The van der Waals surface area contributed by atoms with Crippen LogP contribution in [0.5, 0.6) is 0 Å². The number of nitrogens with zero attached hydrogens (tertiary/aromatic N) is 1. The average molecular weight is 264 g/mol. The number of hydrogen-bond acceptors (Lipinski definition) is 2. The molecule has 0 aromatic heterocycles. The van der Waals surface area contributed by atoms with E-state index in [4.69, 9.17) is 0 Å². The summed E-state index contributed by atoms with van der Waals surface area (Å²) in [6.07, 6.45) is 0.753. The van der Waals surface area contributed by atoms with Gasteiger partial charge >= 0.3 is 0 Å². The van der Waals surface area contributed by atoms with Gasteiger partial charge in [-0.1, -0.05) is 18.2 Å². The molecular formula is C15H21FN2O. The lowest BCUT2D eigenvalue weighted by Gasteiger charge is -2.20. The molecule has 3 atom stereocenters. The second kappa shape index (κ2) is 5.70. The molecule has 1 aromatic rings. The van der Waals surface area contributed by atoms with Crippen LogP contribution < -0.4 is 5.32 Å². The van der Waals surface area contributed by atoms with Crippen LogP contribution in [0.15, 0.2) is 24.3 Å². The van der Waals surface area contributed by atoms with Gasteiger partial charge in [-0.2, -0.15) is 0 Å². The summed E-state index contributed by atoms with van der Waals surface area (Å²) in [7, 11) is 3.96. The fourth-order valence-corrected chi connectivity index (χ4v) is 2.17. The number of halogens is 1. The Balaban J connectivity index is 1.86. The summed E-state index contributed by atoms with van der Waals surface area (Å²) < 4.78 is 13.6. The third-order valence-electron chi connectivity index (χ3n) is 3.89. The lowest BCUT2D eigenvalue weighted by molar-refractivity contribution is -0.122. The van der Waals surface area contributed by atoms with Crippen molar-refractivity contribution >= 4 is 5.91 Å². The van der Waals surface area contributed by atoms with Gasteiger partial charge in [0.25, 0.3) is 0 Å². The standard InChI is InChI=1S/C15H21FN2O/c1-10(18(2)3)9-17-15(19)13-8-12(13)11-6-4-5-7-14(11)16/h4-7,10,12-13H,8-9H2,1-3H3,(H,17,19)/t10-,12+,13+/m1/s1. The Morgan fingerprint density at radius 2 is 2.16 bits per heavy atom.